The van der Waals surface area contributed by atoms with E-state index in [9.17, 15) is 9.90 Å². The summed E-state index contributed by atoms with van der Waals surface area (Å²) in [5.74, 6) is 0.940. The molecule has 23 heavy (non-hydrogen) atoms. The molecular formula is C19H29NO3. The number of nitrogens with one attached hydrogen (secondary N) is 1. The van der Waals surface area contributed by atoms with Crippen molar-refractivity contribution in [2.45, 2.75) is 65.5 Å². The van der Waals surface area contributed by atoms with Gasteiger partial charge in [-0.25, -0.2) is 0 Å². The summed E-state index contributed by atoms with van der Waals surface area (Å²) >= 11 is 0. The van der Waals surface area contributed by atoms with Gasteiger partial charge in [0.15, 0.2) is 5.78 Å². The molecule has 0 bridgehead atoms. The van der Waals surface area contributed by atoms with Crippen molar-refractivity contribution < 1.29 is 14.6 Å². The number of carbonyl (C=O) groups excluding carboxylic acids is 1. The summed E-state index contributed by atoms with van der Waals surface area (Å²) in [5, 5.41) is 13.3. The number of rotatable bonds is 7. The predicted molar refractivity (Wildman–Crippen MR) is 92.4 cm³/mol. The minimum atomic E-state index is -0.560. The van der Waals surface area contributed by atoms with E-state index in [1.165, 1.54) is 5.56 Å². The highest BCUT2D eigenvalue weighted by atomic mass is 16.5. The highest BCUT2D eigenvalue weighted by Crippen LogP contribution is 2.33. The van der Waals surface area contributed by atoms with Crippen LogP contribution < -0.4 is 10.1 Å². The van der Waals surface area contributed by atoms with Crippen molar-refractivity contribution in [2.24, 2.45) is 0 Å². The fourth-order valence-corrected chi connectivity index (χ4v) is 3.07. The van der Waals surface area contributed by atoms with E-state index in [1.54, 1.807) is 0 Å². The van der Waals surface area contributed by atoms with Gasteiger partial charge in [-0.2, -0.15) is 0 Å². The molecule has 4 nitrogen and oxygen atoms in total. The topological polar surface area (TPSA) is 58.6 Å². The quantitative estimate of drug-likeness (QED) is 0.811. The average Bonchev–Trinajstić information content (AvgIpc) is 2.54. The highest BCUT2D eigenvalue weighted by molar-refractivity contribution is 6.00. The number of aliphatic hydroxyl groups excluding tert-OH is 1. The first-order chi connectivity index (χ1) is 10.9. The van der Waals surface area contributed by atoms with Gasteiger partial charge in [-0.3, -0.25) is 4.79 Å². The lowest BCUT2D eigenvalue weighted by atomic mass is 9.84. The van der Waals surface area contributed by atoms with Gasteiger partial charge in [0.2, 0.25) is 0 Å². The number of benzene rings is 1. The smallest absolute Gasteiger partial charge is 0.163 e. The second kappa shape index (κ2) is 7.93. The zero-order valence-corrected chi connectivity index (χ0v) is 14.7. The van der Waals surface area contributed by atoms with Crippen LogP contribution in [0.25, 0.3) is 0 Å². The second-order valence-electron chi connectivity index (χ2n) is 6.63. The lowest BCUT2D eigenvalue weighted by Gasteiger charge is -2.23. The number of Topliss-reactive ketones (excluding diaryl/α,β-unsaturated/α-hetero) is 1. The van der Waals surface area contributed by atoms with Crippen molar-refractivity contribution in [2.75, 3.05) is 13.2 Å². The summed E-state index contributed by atoms with van der Waals surface area (Å²) in [5.41, 5.74) is 4.04. The minimum absolute atomic E-state index is 0.219. The Bertz CT molecular complexity index is 568. The van der Waals surface area contributed by atoms with E-state index < -0.39 is 6.10 Å². The lowest BCUT2D eigenvalue weighted by Crippen LogP contribution is -2.36. The van der Waals surface area contributed by atoms with Crippen molar-refractivity contribution in [3.8, 4) is 5.75 Å². The van der Waals surface area contributed by atoms with E-state index in [2.05, 4.69) is 19.2 Å². The Hall–Kier alpha value is -1.39. The molecule has 0 saturated carbocycles. The summed E-state index contributed by atoms with van der Waals surface area (Å²) in [6, 6.07) is 2.39. The van der Waals surface area contributed by atoms with E-state index in [4.69, 9.17) is 4.74 Å². The van der Waals surface area contributed by atoms with Gasteiger partial charge in [0.05, 0.1) is 0 Å². The zero-order valence-electron chi connectivity index (χ0n) is 14.7. The number of aryl methyl sites for hydroxylation is 1. The molecular weight excluding hydrogens is 290 g/mol. The maximum Gasteiger partial charge on any atom is 0.163 e. The maximum absolute atomic E-state index is 12.2. The van der Waals surface area contributed by atoms with Crippen LogP contribution in [0.2, 0.25) is 0 Å². The van der Waals surface area contributed by atoms with Gasteiger partial charge < -0.3 is 15.2 Å². The van der Waals surface area contributed by atoms with Crippen LogP contribution in [0.3, 0.4) is 0 Å². The molecule has 2 rings (SSSR count). The largest absolute Gasteiger partial charge is 0.491 e. The summed E-state index contributed by atoms with van der Waals surface area (Å²) in [7, 11) is 0. The summed E-state index contributed by atoms with van der Waals surface area (Å²) in [4.78, 5) is 12.2. The third-order valence-electron chi connectivity index (χ3n) is 4.72. The van der Waals surface area contributed by atoms with Gasteiger partial charge in [-0.1, -0.05) is 6.92 Å². The summed E-state index contributed by atoms with van der Waals surface area (Å²) in [6.07, 6.45) is 2.99. The third-order valence-corrected chi connectivity index (χ3v) is 4.72. The fraction of sp³-hybridized carbons (Fsp3) is 0.632. The van der Waals surface area contributed by atoms with Crippen LogP contribution in [0.4, 0.5) is 0 Å². The molecule has 0 unspecified atom stereocenters. The Morgan fingerprint density at radius 1 is 1.35 bits per heavy atom. The molecule has 128 valence electrons. The first-order valence-corrected chi connectivity index (χ1v) is 8.64. The number of ether oxygens (including phenoxy) is 1. The zero-order chi connectivity index (χ0) is 17.0. The molecule has 0 radical (unpaired) electrons. The Labute approximate surface area is 139 Å². The molecule has 0 aliphatic heterocycles. The fourth-order valence-electron chi connectivity index (χ4n) is 3.07. The summed E-state index contributed by atoms with van der Waals surface area (Å²) in [6.45, 7) is 8.92. The van der Waals surface area contributed by atoms with Gasteiger partial charge >= 0.3 is 0 Å². The van der Waals surface area contributed by atoms with Crippen LogP contribution in [0.15, 0.2) is 6.07 Å². The number of ketones is 1. The molecule has 0 heterocycles. The molecule has 1 aliphatic rings. The third kappa shape index (κ3) is 4.33. The van der Waals surface area contributed by atoms with Crippen LogP contribution in [-0.4, -0.2) is 36.2 Å². The molecule has 2 atom stereocenters. The molecule has 0 fully saturated rings. The first kappa shape index (κ1) is 18.0. The highest BCUT2D eigenvalue weighted by Gasteiger charge is 2.23. The SMILES string of the molecule is CC[C@@H](C)NC[C@@H](O)COc1cc(C)c2c(c1C)C(=O)CCC2. The van der Waals surface area contributed by atoms with E-state index in [-0.39, 0.29) is 12.4 Å². The molecule has 4 heteroatoms. The molecule has 2 N–H and O–H groups in total. The van der Waals surface area contributed by atoms with Crippen molar-refractivity contribution in [3.05, 3.63) is 28.3 Å². The number of carbonyl (C=O) groups is 1. The molecule has 0 amide bonds. The van der Waals surface area contributed by atoms with E-state index in [1.807, 2.05) is 19.9 Å². The molecule has 0 aromatic heterocycles. The Kier molecular flexibility index (Phi) is 6.19. The summed E-state index contributed by atoms with van der Waals surface area (Å²) < 4.78 is 5.82. The normalized spacial score (nSPS) is 16.8. The van der Waals surface area contributed by atoms with Gasteiger partial charge in [0.1, 0.15) is 18.5 Å². The Balaban J connectivity index is 2.05. The van der Waals surface area contributed by atoms with Gasteiger partial charge in [0, 0.05) is 30.1 Å². The standard InChI is InChI=1S/C19H29NO3/c1-5-13(3)20-10-15(21)11-23-18-9-12(2)16-7-6-8-17(22)19(16)14(18)4/h9,13,15,20-21H,5-8,10-11H2,1-4H3/t13-,15-/m1/s1. The maximum atomic E-state index is 12.2. The van der Waals surface area contributed by atoms with Crippen LogP contribution in [0, 0.1) is 13.8 Å². The lowest BCUT2D eigenvalue weighted by molar-refractivity contribution is 0.0967. The predicted octanol–water partition coefficient (Wildman–Crippen LogP) is 2.95. The van der Waals surface area contributed by atoms with E-state index in [0.29, 0.717) is 19.0 Å². The van der Waals surface area contributed by atoms with Gasteiger partial charge in [-0.05, 0) is 57.2 Å². The van der Waals surface area contributed by atoms with Crippen molar-refractivity contribution in [1.82, 2.24) is 5.32 Å². The molecule has 1 aliphatic carbocycles. The minimum Gasteiger partial charge on any atom is -0.491 e. The molecule has 0 spiro atoms. The van der Waals surface area contributed by atoms with Gasteiger partial charge in [-0.15, -0.1) is 0 Å². The van der Waals surface area contributed by atoms with Crippen LogP contribution in [0.5, 0.6) is 5.75 Å². The van der Waals surface area contributed by atoms with Crippen molar-refractivity contribution in [3.63, 3.8) is 0 Å². The molecule has 0 saturated heterocycles. The number of hydrogen-bond acceptors (Lipinski definition) is 4. The average molecular weight is 319 g/mol. The first-order valence-electron chi connectivity index (χ1n) is 8.64. The van der Waals surface area contributed by atoms with Gasteiger partial charge in [0.25, 0.3) is 0 Å². The Morgan fingerprint density at radius 3 is 2.78 bits per heavy atom. The molecule has 1 aromatic carbocycles. The second-order valence-corrected chi connectivity index (χ2v) is 6.63. The molecule has 1 aromatic rings. The monoisotopic (exact) mass is 319 g/mol. The number of fused-ring (bicyclic) bond motifs is 1. The van der Waals surface area contributed by atoms with Crippen molar-refractivity contribution in [1.29, 1.82) is 0 Å². The van der Waals surface area contributed by atoms with Crippen molar-refractivity contribution >= 4 is 5.78 Å². The van der Waals surface area contributed by atoms with E-state index in [0.717, 1.165) is 41.7 Å². The number of hydrogen-bond donors (Lipinski definition) is 2. The Morgan fingerprint density at radius 2 is 2.09 bits per heavy atom. The number of aliphatic hydroxyl groups is 1. The van der Waals surface area contributed by atoms with Crippen LogP contribution >= 0.6 is 0 Å². The van der Waals surface area contributed by atoms with E-state index >= 15 is 0 Å². The van der Waals surface area contributed by atoms with Crippen LogP contribution in [-0.2, 0) is 6.42 Å². The van der Waals surface area contributed by atoms with Crippen LogP contribution in [0.1, 0.15) is 60.2 Å².